The third-order valence-electron chi connectivity index (χ3n) is 6.17. The molecule has 3 aromatic rings. The van der Waals surface area contributed by atoms with Crippen molar-refractivity contribution in [1.29, 1.82) is 0 Å². The number of rotatable bonds is 2. The molecule has 30 heavy (non-hydrogen) atoms. The molecule has 0 saturated heterocycles. The Labute approximate surface area is 180 Å². The number of anilines is 1. The summed E-state index contributed by atoms with van der Waals surface area (Å²) in [5.74, 6) is 0.660. The number of hydrogen-bond donors (Lipinski definition) is 1. The van der Waals surface area contributed by atoms with Gasteiger partial charge in [0.1, 0.15) is 10.8 Å². The number of methoxy groups -OCH3 is 1. The smallest absolute Gasteiger partial charge is 0.322 e. The van der Waals surface area contributed by atoms with Gasteiger partial charge in [0, 0.05) is 35.4 Å². The number of urea groups is 1. The van der Waals surface area contributed by atoms with E-state index in [0.29, 0.717) is 18.0 Å². The lowest BCUT2D eigenvalue weighted by Gasteiger charge is -2.29. The lowest BCUT2D eigenvalue weighted by molar-refractivity contribution is 0.189. The van der Waals surface area contributed by atoms with Crippen molar-refractivity contribution in [1.82, 2.24) is 14.4 Å². The zero-order chi connectivity index (χ0) is 20.8. The Balaban J connectivity index is 1.54. The predicted octanol–water partition coefficient (Wildman–Crippen LogP) is 4.64. The monoisotopic (exact) mass is 422 g/mol. The van der Waals surface area contributed by atoms with Crippen LogP contribution in [0.25, 0.3) is 5.00 Å². The van der Waals surface area contributed by atoms with Gasteiger partial charge in [0.2, 0.25) is 0 Å². The molecule has 5 rings (SSSR count). The first-order valence-corrected chi connectivity index (χ1v) is 11.1. The van der Waals surface area contributed by atoms with E-state index in [1.54, 1.807) is 7.11 Å². The quantitative estimate of drug-likeness (QED) is 0.654. The fraction of sp³-hybridized carbons (Fsp3) is 0.348. The highest BCUT2D eigenvalue weighted by atomic mass is 32.1. The van der Waals surface area contributed by atoms with Crippen molar-refractivity contribution in [2.75, 3.05) is 26.0 Å². The van der Waals surface area contributed by atoms with Gasteiger partial charge in [-0.2, -0.15) is 0 Å². The largest absolute Gasteiger partial charge is 0.495 e. The molecule has 0 aliphatic carbocycles. The Morgan fingerprint density at radius 1 is 1.17 bits per heavy atom. The number of aromatic nitrogens is 1. The van der Waals surface area contributed by atoms with E-state index >= 15 is 0 Å². The van der Waals surface area contributed by atoms with Crippen LogP contribution in [0.4, 0.5) is 10.5 Å². The van der Waals surface area contributed by atoms with Gasteiger partial charge in [-0.3, -0.25) is 0 Å². The van der Waals surface area contributed by atoms with Gasteiger partial charge >= 0.3 is 6.03 Å². The summed E-state index contributed by atoms with van der Waals surface area (Å²) in [6.07, 6.45) is 3.16. The minimum absolute atomic E-state index is 0.0452. The fourth-order valence-corrected chi connectivity index (χ4v) is 5.95. The normalized spacial score (nSPS) is 18.2. The maximum atomic E-state index is 13.4. The van der Waals surface area contributed by atoms with Crippen molar-refractivity contribution in [3.05, 3.63) is 64.3 Å². The molecule has 0 radical (unpaired) electrons. The summed E-state index contributed by atoms with van der Waals surface area (Å²) in [6, 6.07) is 11.6. The fourth-order valence-electron chi connectivity index (χ4n) is 4.51. The molecule has 0 spiro atoms. The number of hydrogen-bond acceptors (Lipinski definition) is 4. The molecule has 0 fully saturated rings. The Morgan fingerprint density at radius 3 is 2.83 bits per heavy atom. The minimum Gasteiger partial charge on any atom is -0.495 e. The third-order valence-corrected chi connectivity index (χ3v) is 7.43. The molecule has 7 heteroatoms. The standard InChI is InChI=1S/C23H26N4O2S/c1-15-19-8-6-11-26(19)22-17(16-10-12-25(2)14-21(16)30-22)13-27(15)23(28)24-18-7-4-5-9-20(18)29-3/h4-9,11,15H,10,12-14H2,1-3H3,(H,24,28)/t15-/m1/s1. The Hall–Kier alpha value is -2.77. The number of thiophene rings is 1. The predicted molar refractivity (Wildman–Crippen MR) is 120 cm³/mol. The Morgan fingerprint density at radius 2 is 2.00 bits per heavy atom. The highest BCUT2D eigenvalue weighted by Gasteiger charge is 2.33. The topological polar surface area (TPSA) is 49.7 Å². The van der Waals surface area contributed by atoms with Crippen molar-refractivity contribution < 1.29 is 9.53 Å². The zero-order valence-electron chi connectivity index (χ0n) is 17.5. The number of carbonyl (C=O) groups is 1. The number of carbonyl (C=O) groups excluding carboxylic acids is 1. The van der Waals surface area contributed by atoms with Crippen molar-refractivity contribution in [3.8, 4) is 10.8 Å². The second-order valence-corrected chi connectivity index (χ2v) is 9.10. The average Bonchev–Trinajstić information content (AvgIpc) is 3.33. The molecule has 6 nitrogen and oxygen atoms in total. The number of ether oxygens (including phenoxy) is 1. The second kappa shape index (κ2) is 7.49. The Bertz CT molecular complexity index is 1100. The van der Waals surface area contributed by atoms with Gasteiger partial charge in [-0.15, -0.1) is 11.3 Å². The number of fused-ring (bicyclic) bond motifs is 5. The molecule has 0 bridgehead atoms. The van der Waals surface area contributed by atoms with Crippen molar-refractivity contribution in [2.24, 2.45) is 0 Å². The summed E-state index contributed by atoms with van der Waals surface area (Å²) in [5, 5.41) is 4.33. The first-order valence-electron chi connectivity index (χ1n) is 10.3. The molecule has 2 aliphatic rings. The number of nitrogens with one attached hydrogen (secondary N) is 1. The molecular weight excluding hydrogens is 396 g/mol. The van der Waals surface area contributed by atoms with Crippen LogP contribution in [0.5, 0.6) is 5.75 Å². The van der Waals surface area contributed by atoms with E-state index in [-0.39, 0.29) is 12.1 Å². The summed E-state index contributed by atoms with van der Waals surface area (Å²) in [5.41, 5.74) is 4.54. The summed E-state index contributed by atoms with van der Waals surface area (Å²) in [7, 11) is 3.79. The van der Waals surface area contributed by atoms with Crippen molar-refractivity contribution in [2.45, 2.75) is 32.5 Å². The molecule has 0 saturated carbocycles. The van der Waals surface area contributed by atoms with E-state index in [9.17, 15) is 4.79 Å². The molecule has 2 aromatic heterocycles. The van der Waals surface area contributed by atoms with Crippen LogP contribution >= 0.6 is 11.3 Å². The van der Waals surface area contributed by atoms with Crippen LogP contribution in [0.15, 0.2) is 42.6 Å². The number of likely N-dealkylation sites (N-methyl/N-ethyl adjacent to an activating group) is 1. The van der Waals surface area contributed by atoms with Gasteiger partial charge in [-0.1, -0.05) is 12.1 Å². The molecule has 2 amide bonds. The molecule has 1 atom stereocenters. The number of para-hydroxylation sites is 2. The van der Waals surface area contributed by atoms with E-state index in [1.807, 2.05) is 40.5 Å². The molecule has 156 valence electrons. The van der Waals surface area contributed by atoms with E-state index in [2.05, 4.69) is 47.1 Å². The maximum Gasteiger partial charge on any atom is 0.322 e. The second-order valence-electron chi connectivity index (χ2n) is 8.01. The maximum absolute atomic E-state index is 13.4. The van der Waals surface area contributed by atoms with E-state index in [0.717, 1.165) is 25.2 Å². The van der Waals surface area contributed by atoms with Crippen LogP contribution < -0.4 is 10.1 Å². The summed E-state index contributed by atoms with van der Waals surface area (Å²) >= 11 is 1.87. The molecule has 1 N–H and O–H groups in total. The highest BCUT2D eigenvalue weighted by Crippen LogP contribution is 2.41. The summed E-state index contributed by atoms with van der Waals surface area (Å²) in [6.45, 7) is 4.74. The molecule has 0 unspecified atom stereocenters. The van der Waals surface area contributed by atoms with Crippen molar-refractivity contribution in [3.63, 3.8) is 0 Å². The van der Waals surface area contributed by atoms with Crippen LogP contribution in [0.1, 0.15) is 34.7 Å². The lowest BCUT2D eigenvalue weighted by atomic mass is 10.0. The van der Waals surface area contributed by atoms with Crippen LogP contribution in [-0.2, 0) is 19.5 Å². The van der Waals surface area contributed by atoms with Crippen LogP contribution in [0, 0.1) is 0 Å². The number of nitrogens with zero attached hydrogens (tertiary/aromatic N) is 3. The molecular formula is C23H26N4O2S. The first-order chi connectivity index (χ1) is 14.6. The SMILES string of the molecule is COc1ccccc1NC(=O)N1Cc2c(sc3c2CCN(C)C3)-n2cccc2[C@H]1C. The Kier molecular flexibility index (Phi) is 4.79. The molecule has 1 aromatic carbocycles. The van der Waals surface area contributed by atoms with Crippen molar-refractivity contribution >= 4 is 23.1 Å². The number of amides is 2. The van der Waals surface area contributed by atoms with Crippen LogP contribution in [0.2, 0.25) is 0 Å². The van der Waals surface area contributed by atoms with Crippen LogP contribution in [-0.4, -0.2) is 41.1 Å². The highest BCUT2D eigenvalue weighted by molar-refractivity contribution is 7.15. The molecule has 2 aliphatic heterocycles. The van der Waals surface area contributed by atoms with Gasteiger partial charge in [-0.25, -0.2) is 4.79 Å². The number of benzene rings is 1. The average molecular weight is 423 g/mol. The minimum atomic E-state index is -0.111. The van der Waals surface area contributed by atoms with Gasteiger partial charge in [0.05, 0.1) is 25.4 Å². The van der Waals surface area contributed by atoms with Gasteiger partial charge in [0.15, 0.2) is 0 Å². The van der Waals surface area contributed by atoms with Crippen LogP contribution in [0.3, 0.4) is 0 Å². The van der Waals surface area contributed by atoms with Gasteiger partial charge in [0.25, 0.3) is 0 Å². The lowest BCUT2D eigenvalue weighted by Crippen LogP contribution is -2.36. The third kappa shape index (κ3) is 3.09. The zero-order valence-corrected chi connectivity index (χ0v) is 18.3. The first kappa shape index (κ1) is 19.2. The molecule has 4 heterocycles. The van der Waals surface area contributed by atoms with Gasteiger partial charge < -0.3 is 24.4 Å². The van der Waals surface area contributed by atoms with E-state index in [1.165, 1.54) is 21.0 Å². The summed E-state index contributed by atoms with van der Waals surface area (Å²) < 4.78 is 7.69. The van der Waals surface area contributed by atoms with E-state index in [4.69, 9.17) is 4.74 Å². The van der Waals surface area contributed by atoms with Gasteiger partial charge in [-0.05, 0) is 50.2 Å². The summed E-state index contributed by atoms with van der Waals surface area (Å²) in [4.78, 5) is 19.2. The van der Waals surface area contributed by atoms with E-state index < -0.39 is 0 Å².